The van der Waals surface area contributed by atoms with E-state index in [2.05, 4.69) is 15.0 Å². The average Bonchev–Trinajstić information content (AvgIpc) is 2.88. The second-order valence-electron chi connectivity index (χ2n) is 4.98. The molecule has 0 aliphatic rings. The van der Waals surface area contributed by atoms with Gasteiger partial charge in [0.2, 0.25) is 0 Å². The number of halogens is 1. The SMILES string of the molecule is CC(C)NCc1cc(S(=O)(=O)Nc2ccccc2F)c[nH]1. The molecule has 114 valence electrons. The van der Waals surface area contributed by atoms with Gasteiger partial charge in [-0.15, -0.1) is 0 Å². The summed E-state index contributed by atoms with van der Waals surface area (Å²) in [5.41, 5.74) is 0.679. The molecule has 21 heavy (non-hydrogen) atoms. The van der Waals surface area contributed by atoms with E-state index < -0.39 is 15.8 Å². The summed E-state index contributed by atoms with van der Waals surface area (Å²) in [5, 5.41) is 3.18. The Kier molecular flexibility index (Phi) is 4.64. The highest BCUT2D eigenvalue weighted by molar-refractivity contribution is 7.92. The smallest absolute Gasteiger partial charge is 0.263 e. The van der Waals surface area contributed by atoms with Crippen LogP contribution < -0.4 is 10.0 Å². The Labute approximate surface area is 123 Å². The summed E-state index contributed by atoms with van der Waals surface area (Å²) in [6.45, 7) is 4.54. The Morgan fingerprint density at radius 3 is 2.67 bits per heavy atom. The molecule has 0 radical (unpaired) electrons. The summed E-state index contributed by atoms with van der Waals surface area (Å²) in [5.74, 6) is -0.613. The van der Waals surface area contributed by atoms with E-state index in [1.807, 2.05) is 13.8 Å². The lowest BCUT2D eigenvalue weighted by Gasteiger charge is -2.07. The minimum absolute atomic E-state index is 0.0689. The zero-order valence-corrected chi connectivity index (χ0v) is 12.7. The van der Waals surface area contributed by atoms with Gasteiger partial charge in [0, 0.05) is 24.5 Å². The summed E-state index contributed by atoms with van der Waals surface area (Å²) < 4.78 is 40.1. The molecule has 3 N–H and O–H groups in total. The second-order valence-corrected chi connectivity index (χ2v) is 6.66. The van der Waals surface area contributed by atoms with Crippen LogP contribution in [0.4, 0.5) is 10.1 Å². The maximum absolute atomic E-state index is 13.5. The quantitative estimate of drug-likeness (QED) is 0.767. The van der Waals surface area contributed by atoms with Crippen LogP contribution in [-0.4, -0.2) is 19.4 Å². The topological polar surface area (TPSA) is 74.0 Å². The van der Waals surface area contributed by atoms with E-state index in [9.17, 15) is 12.8 Å². The molecule has 0 saturated carbocycles. The van der Waals surface area contributed by atoms with E-state index >= 15 is 0 Å². The number of rotatable bonds is 6. The van der Waals surface area contributed by atoms with Crippen LogP contribution in [-0.2, 0) is 16.6 Å². The molecule has 0 spiro atoms. The number of hydrogen-bond donors (Lipinski definition) is 3. The normalized spacial score (nSPS) is 11.8. The maximum atomic E-state index is 13.5. The fourth-order valence-corrected chi connectivity index (χ4v) is 2.82. The molecule has 0 aliphatic heterocycles. The van der Waals surface area contributed by atoms with Crippen LogP contribution in [0.2, 0.25) is 0 Å². The molecule has 0 bridgehead atoms. The Morgan fingerprint density at radius 2 is 2.00 bits per heavy atom. The monoisotopic (exact) mass is 311 g/mol. The van der Waals surface area contributed by atoms with Gasteiger partial charge in [0.05, 0.1) is 5.69 Å². The first-order chi connectivity index (χ1) is 9.88. The molecule has 0 saturated heterocycles. The van der Waals surface area contributed by atoms with Crippen molar-refractivity contribution in [2.45, 2.75) is 31.3 Å². The van der Waals surface area contributed by atoms with Gasteiger partial charge in [-0.2, -0.15) is 0 Å². The van der Waals surface area contributed by atoms with Crippen molar-refractivity contribution in [1.29, 1.82) is 0 Å². The summed E-state index contributed by atoms with van der Waals surface area (Å²) >= 11 is 0. The summed E-state index contributed by atoms with van der Waals surface area (Å²) in [7, 11) is -3.80. The molecule has 7 heteroatoms. The predicted molar refractivity (Wildman–Crippen MR) is 80.0 cm³/mol. The number of aromatic amines is 1. The van der Waals surface area contributed by atoms with Crippen molar-refractivity contribution in [2.75, 3.05) is 4.72 Å². The predicted octanol–water partition coefficient (Wildman–Crippen LogP) is 2.45. The van der Waals surface area contributed by atoms with E-state index in [0.717, 1.165) is 5.69 Å². The van der Waals surface area contributed by atoms with Gasteiger partial charge in [-0.1, -0.05) is 26.0 Å². The third-order valence-corrected chi connectivity index (χ3v) is 4.19. The lowest BCUT2D eigenvalue weighted by atomic mass is 10.3. The molecule has 0 amide bonds. The minimum Gasteiger partial charge on any atom is -0.363 e. The van der Waals surface area contributed by atoms with E-state index in [1.54, 1.807) is 6.07 Å². The molecule has 2 aromatic rings. The average molecular weight is 311 g/mol. The highest BCUT2D eigenvalue weighted by Crippen LogP contribution is 2.19. The zero-order valence-electron chi connectivity index (χ0n) is 11.9. The van der Waals surface area contributed by atoms with Crippen LogP contribution in [0.25, 0.3) is 0 Å². The maximum Gasteiger partial charge on any atom is 0.263 e. The molecule has 0 aliphatic carbocycles. The number of H-pyrrole nitrogens is 1. The fourth-order valence-electron chi connectivity index (χ4n) is 1.74. The molecule has 0 fully saturated rings. The van der Waals surface area contributed by atoms with Crippen molar-refractivity contribution in [2.24, 2.45) is 0 Å². The third-order valence-electron chi connectivity index (χ3n) is 2.85. The van der Waals surface area contributed by atoms with Gasteiger partial charge < -0.3 is 10.3 Å². The van der Waals surface area contributed by atoms with Gasteiger partial charge in [0.1, 0.15) is 10.7 Å². The van der Waals surface area contributed by atoms with E-state index in [-0.39, 0.29) is 10.6 Å². The summed E-state index contributed by atoms with van der Waals surface area (Å²) in [6, 6.07) is 7.46. The Bertz CT molecular complexity index is 711. The van der Waals surface area contributed by atoms with Gasteiger partial charge in [0.15, 0.2) is 0 Å². The molecule has 0 atom stereocenters. The van der Waals surface area contributed by atoms with E-state index in [1.165, 1.54) is 30.5 Å². The van der Waals surface area contributed by atoms with Crippen molar-refractivity contribution in [3.8, 4) is 0 Å². The number of benzene rings is 1. The van der Waals surface area contributed by atoms with Gasteiger partial charge in [-0.3, -0.25) is 4.72 Å². The number of aromatic nitrogens is 1. The fraction of sp³-hybridized carbons (Fsp3) is 0.286. The van der Waals surface area contributed by atoms with Crippen LogP contribution in [0.5, 0.6) is 0 Å². The molecule has 1 aromatic carbocycles. The lowest BCUT2D eigenvalue weighted by molar-refractivity contribution is 0.582. The third kappa shape index (κ3) is 4.05. The molecule has 0 unspecified atom stereocenters. The van der Waals surface area contributed by atoms with Gasteiger partial charge in [0.25, 0.3) is 10.0 Å². The van der Waals surface area contributed by atoms with Crippen LogP contribution >= 0.6 is 0 Å². The number of hydrogen-bond acceptors (Lipinski definition) is 3. The van der Waals surface area contributed by atoms with E-state index in [4.69, 9.17) is 0 Å². The highest BCUT2D eigenvalue weighted by Gasteiger charge is 2.17. The highest BCUT2D eigenvalue weighted by atomic mass is 32.2. The van der Waals surface area contributed by atoms with Crippen LogP contribution in [0.15, 0.2) is 41.4 Å². The first-order valence-corrected chi connectivity index (χ1v) is 8.05. The van der Waals surface area contributed by atoms with Gasteiger partial charge in [-0.05, 0) is 18.2 Å². The largest absolute Gasteiger partial charge is 0.363 e. The van der Waals surface area contributed by atoms with Crippen molar-refractivity contribution in [3.05, 3.63) is 48.0 Å². The molecule has 1 aromatic heterocycles. The Balaban J connectivity index is 2.15. The second kappa shape index (κ2) is 6.28. The van der Waals surface area contributed by atoms with Crippen LogP contribution in [0, 0.1) is 5.82 Å². The van der Waals surface area contributed by atoms with Crippen molar-refractivity contribution >= 4 is 15.7 Å². The van der Waals surface area contributed by atoms with Crippen molar-refractivity contribution < 1.29 is 12.8 Å². The van der Waals surface area contributed by atoms with Gasteiger partial charge >= 0.3 is 0 Å². The number of anilines is 1. The van der Waals surface area contributed by atoms with Crippen LogP contribution in [0.1, 0.15) is 19.5 Å². The molecular formula is C14H18FN3O2S. The number of nitrogens with one attached hydrogen (secondary N) is 3. The first-order valence-electron chi connectivity index (χ1n) is 6.56. The summed E-state index contributed by atoms with van der Waals surface area (Å²) in [6.07, 6.45) is 1.39. The lowest BCUT2D eigenvalue weighted by Crippen LogP contribution is -2.21. The number of sulfonamides is 1. The first kappa shape index (κ1) is 15.5. The summed E-state index contributed by atoms with van der Waals surface area (Å²) in [4.78, 5) is 2.97. The Hall–Kier alpha value is -1.86. The minimum atomic E-state index is -3.80. The standard InChI is InChI=1S/C14H18FN3O2S/c1-10(2)16-8-11-7-12(9-17-11)21(19,20)18-14-6-4-3-5-13(14)15/h3-7,9-10,16-18H,8H2,1-2H3. The van der Waals surface area contributed by atoms with Crippen molar-refractivity contribution in [3.63, 3.8) is 0 Å². The van der Waals surface area contributed by atoms with Crippen LogP contribution in [0.3, 0.4) is 0 Å². The Morgan fingerprint density at radius 1 is 1.29 bits per heavy atom. The van der Waals surface area contributed by atoms with Gasteiger partial charge in [-0.25, -0.2) is 12.8 Å². The molecule has 1 heterocycles. The molecular weight excluding hydrogens is 293 g/mol. The molecule has 2 rings (SSSR count). The van der Waals surface area contributed by atoms with E-state index in [0.29, 0.717) is 12.6 Å². The zero-order chi connectivity index (χ0) is 15.5. The van der Waals surface area contributed by atoms with Crippen molar-refractivity contribution in [1.82, 2.24) is 10.3 Å². The number of para-hydroxylation sites is 1. The molecule has 5 nitrogen and oxygen atoms in total.